The average molecular weight is 457 g/mol. The lowest BCUT2D eigenvalue weighted by Gasteiger charge is -2.23. The zero-order valence-corrected chi connectivity index (χ0v) is 19.3. The third-order valence-electron chi connectivity index (χ3n) is 4.54. The number of rotatable bonds is 8. The molecule has 0 aliphatic carbocycles. The van der Waals surface area contributed by atoms with Gasteiger partial charge in [-0.3, -0.25) is 14.5 Å². The second-order valence-corrected chi connectivity index (χ2v) is 8.37. The van der Waals surface area contributed by atoms with Gasteiger partial charge >= 0.3 is 0 Å². The molecule has 0 spiro atoms. The molecule has 2 heterocycles. The van der Waals surface area contributed by atoms with E-state index in [9.17, 15) is 9.18 Å². The van der Waals surface area contributed by atoms with Crippen LogP contribution in [-0.2, 0) is 10.2 Å². The Morgan fingerprint density at radius 2 is 1.97 bits per heavy atom. The van der Waals surface area contributed by atoms with Crippen molar-refractivity contribution in [2.24, 2.45) is 0 Å². The van der Waals surface area contributed by atoms with E-state index in [1.54, 1.807) is 32.2 Å². The topological polar surface area (TPSA) is 102 Å². The van der Waals surface area contributed by atoms with Gasteiger partial charge in [0.2, 0.25) is 17.7 Å². The zero-order valence-electron chi connectivity index (χ0n) is 18.5. The van der Waals surface area contributed by atoms with Crippen LogP contribution in [0.15, 0.2) is 42.9 Å². The van der Waals surface area contributed by atoms with Gasteiger partial charge in [0.15, 0.2) is 0 Å². The van der Waals surface area contributed by atoms with Gasteiger partial charge in [-0.2, -0.15) is 0 Å². The average Bonchev–Trinajstić information content (AvgIpc) is 2.75. The summed E-state index contributed by atoms with van der Waals surface area (Å²) >= 11 is 1.35. The third-order valence-corrected chi connectivity index (χ3v) is 4.93. The second-order valence-electron chi connectivity index (χ2n) is 7.75. The summed E-state index contributed by atoms with van der Waals surface area (Å²) in [4.78, 5) is 29.9. The van der Waals surface area contributed by atoms with Crippen LogP contribution >= 0.6 is 11.9 Å². The van der Waals surface area contributed by atoms with Gasteiger partial charge in [0.05, 0.1) is 41.0 Å². The molecule has 0 aliphatic heterocycles. The molecule has 0 saturated carbocycles. The van der Waals surface area contributed by atoms with Crippen molar-refractivity contribution in [3.05, 3.63) is 54.4 Å². The molecule has 0 unspecified atom stereocenters. The fourth-order valence-electron chi connectivity index (χ4n) is 2.80. The molecule has 3 aromatic rings. The molecule has 8 nitrogen and oxygen atoms in total. The van der Waals surface area contributed by atoms with Crippen LogP contribution in [0.3, 0.4) is 0 Å². The number of nitrogens with one attached hydrogen (secondary N) is 2. The predicted octanol–water partition coefficient (Wildman–Crippen LogP) is 4.47. The second kappa shape index (κ2) is 9.90. The maximum Gasteiger partial charge on any atom is 0.236 e. The zero-order chi connectivity index (χ0) is 23.3. The van der Waals surface area contributed by atoms with Gasteiger partial charge in [-0.1, -0.05) is 18.0 Å². The molecule has 0 aliphatic rings. The minimum Gasteiger partial charge on any atom is -0.474 e. The molecule has 32 heavy (non-hydrogen) atoms. The first kappa shape index (κ1) is 23.4. The summed E-state index contributed by atoms with van der Waals surface area (Å²) in [7, 11) is 0. The van der Waals surface area contributed by atoms with Crippen molar-refractivity contribution in [2.45, 2.75) is 39.2 Å². The van der Waals surface area contributed by atoms with Crippen LogP contribution in [0, 0.1) is 5.82 Å². The van der Waals surface area contributed by atoms with Crippen LogP contribution in [0.4, 0.5) is 16.0 Å². The smallest absolute Gasteiger partial charge is 0.236 e. The summed E-state index contributed by atoms with van der Waals surface area (Å²) in [6.07, 6.45) is 6.39. The maximum atomic E-state index is 14.8. The number of amides is 1. The molecule has 10 heteroatoms. The van der Waals surface area contributed by atoms with Crippen LogP contribution < -0.4 is 14.8 Å². The molecule has 0 saturated heterocycles. The SMILES string of the molecule is CSNc1nccc(C(C)(C)C(=O)Nc2ccc(-c3cncc(OC(C)C)n3)cc2F)n1. The summed E-state index contributed by atoms with van der Waals surface area (Å²) in [5.74, 6) is -0.227. The Hall–Kier alpha value is -3.27. The van der Waals surface area contributed by atoms with Crippen LogP contribution in [0.1, 0.15) is 33.4 Å². The van der Waals surface area contributed by atoms with E-state index in [-0.39, 0.29) is 11.8 Å². The largest absolute Gasteiger partial charge is 0.474 e. The molecule has 168 valence electrons. The third kappa shape index (κ3) is 5.50. The van der Waals surface area contributed by atoms with Crippen molar-refractivity contribution in [1.82, 2.24) is 19.9 Å². The summed E-state index contributed by atoms with van der Waals surface area (Å²) in [5, 5.41) is 2.66. The summed E-state index contributed by atoms with van der Waals surface area (Å²) < 4.78 is 23.3. The van der Waals surface area contributed by atoms with E-state index in [0.29, 0.717) is 28.8 Å². The number of hydrogen-bond donors (Lipinski definition) is 2. The lowest BCUT2D eigenvalue weighted by atomic mass is 9.88. The lowest BCUT2D eigenvalue weighted by molar-refractivity contribution is -0.120. The van der Waals surface area contributed by atoms with Gasteiger partial charge in [-0.05, 0) is 45.9 Å². The minimum absolute atomic E-state index is 0.0558. The van der Waals surface area contributed by atoms with E-state index in [1.807, 2.05) is 20.1 Å². The normalized spacial score (nSPS) is 11.3. The first-order valence-corrected chi connectivity index (χ1v) is 11.2. The Morgan fingerprint density at radius 3 is 2.66 bits per heavy atom. The lowest BCUT2D eigenvalue weighted by Crippen LogP contribution is -2.36. The first-order chi connectivity index (χ1) is 15.2. The Bertz CT molecular complexity index is 1110. The fraction of sp³-hybridized carbons (Fsp3) is 0.318. The highest BCUT2D eigenvalue weighted by atomic mass is 32.2. The fourth-order valence-corrected chi connectivity index (χ4v) is 3.08. The van der Waals surface area contributed by atoms with E-state index in [2.05, 4.69) is 30.0 Å². The van der Waals surface area contributed by atoms with Crippen LogP contribution in [0.2, 0.25) is 0 Å². The molecule has 3 rings (SSSR count). The van der Waals surface area contributed by atoms with Gasteiger partial charge in [0.1, 0.15) is 5.82 Å². The monoisotopic (exact) mass is 456 g/mol. The highest BCUT2D eigenvalue weighted by molar-refractivity contribution is 7.99. The number of nitrogens with zero attached hydrogens (tertiary/aromatic N) is 4. The van der Waals surface area contributed by atoms with Gasteiger partial charge < -0.3 is 10.1 Å². The molecule has 0 atom stereocenters. The highest BCUT2D eigenvalue weighted by Crippen LogP contribution is 2.28. The highest BCUT2D eigenvalue weighted by Gasteiger charge is 2.32. The van der Waals surface area contributed by atoms with Crippen molar-refractivity contribution in [1.29, 1.82) is 0 Å². The summed E-state index contributed by atoms with van der Waals surface area (Å²) in [6, 6.07) is 6.13. The van der Waals surface area contributed by atoms with Crippen molar-refractivity contribution < 1.29 is 13.9 Å². The quantitative estimate of drug-likeness (QED) is 0.479. The molecule has 0 radical (unpaired) electrons. The van der Waals surface area contributed by atoms with Crippen molar-refractivity contribution >= 4 is 29.5 Å². The standard InChI is InChI=1S/C22H25FN6O2S/c1-13(2)31-19-12-24-11-17(26-19)14-6-7-16(15(23)10-14)27-20(30)22(3,4)18-8-9-25-21(28-18)29-32-5/h6-13H,1-5H3,(H,27,30)(H,25,28,29). The molecular weight excluding hydrogens is 431 g/mol. The van der Waals surface area contributed by atoms with E-state index in [1.165, 1.54) is 36.5 Å². The number of ether oxygens (including phenoxy) is 1. The number of carbonyl (C=O) groups excluding carboxylic acids is 1. The molecule has 1 aromatic carbocycles. The van der Waals surface area contributed by atoms with Crippen LogP contribution in [0.25, 0.3) is 11.3 Å². The van der Waals surface area contributed by atoms with Gasteiger partial charge in [0.25, 0.3) is 0 Å². The first-order valence-electron chi connectivity index (χ1n) is 9.93. The Kier molecular flexibility index (Phi) is 7.24. The van der Waals surface area contributed by atoms with E-state index in [4.69, 9.17) is 4.74 Å². The van der Waals surface area contributed by atoms with Gasteiger partial charge in [-0.25, -0.2) is 19.3 Å². The van der Waals surface area contributed by atoms with E-state index >= 15 is 0 Å². The number of benzene rings is 1. The Labute approximate surface area is 190 Å². The van der Waals surface area contributed by atoms with Crippen molar-refractivity contribution in [3.8, 4) is 17.1 Å². The number of carbonyl (C=O) groups is 1. The number of anilines is 2. The number of aromatic nitrogens is 4. The molecule has 0 bridgehead atoms. The summed E-state index contributed by atoms with van der Waals surface area (Å²) in [6.45, 7) is 7.20. The number of hydrogen-bond acceptors (Lipinski definition) is 8. The molecule has 1 amide bonds. The predicted molar refractivity (Wildman–Crippen MR) is 124 cm³/mol. The molecule has 2 aromatic heterocycles. The van der Waals surface area contributed by atoms with E-state index in [0.717, 1.165) is 0 Å². The van der Waals surface area contributed by atoms with Crippen molar-refractivity contribution in [3.63, 3.8) is 0 Å². The van der Waals surface area contributed by atoms with Gasteiger partial charge in [0, 0.05) is 18.0 Å². The minimum atomic E-state index is -1.02. The molecular formula is C22H25FN6O2S. The van der Waals surface area contributed by atoms with Crippen LogP contribution in [0.5, 0.6) is 5.88 Å². The Morgan fingerprint density at radius 1 is 1.19 bits per heavy atom. The van der Waals surface area contributed by atoms with E-state index < -0.39 is 17.1 Å². The molecule has 2 N–H and O–H groups in total. The molecule has 0 fully saturated rings. The maximum absolute atomic E-state index is 14.8. The van der Waals surface area contributed by atoms with Crippen LogP contribution in [-0.4, -0.2) is 38.2 Å². The Balaban J connectivity index is 1.80. The van der Waals surface area contributed by atoms with Gasteiger partial charge in [-0.15, -0.1) is 0 Å². The summed E-state index contributed by atoms with van der Waals surface area (Å²) in [5.41, 5.74) is 0.540. The number of halogens is 1. The van der Waals surface area contributed by atoms with Crippen molar-refractivity contribution in [2.75, 3.05) is 16.3 Å².